The average molecular weight is 297 g/mol. The third-order valence-corrected chi connectivity index (χ3v) is 3.11. The first-order chi connectivity index (χ1) is 9.69. The van der Waals surface area contributed by atoms with E-state index in [0.29, 0.717) is 19.4 Å². The van der Waals surface area contributed by atoms with Crippen molar-refractivity contribution < 1.29 is 14.7 Å². The Hall–Kier alpha value is -2.38. The van der Waals surface area contributed by atoms with Crippen molar-refractivity contribution >= 4 is 11.9 Å². The molecule has 0 spiro atoms. The molecule has 8 heteroatoms. The van der Waals surface area contributed by atoms with E-state index in [1.807, 2.05) is 18.8 Å². The van der Waals surface area contributed by atoms with Crippen LogP contribution in [0.2, 0.25) is 0 Å². The van der Waals surface area contributed by atoms with Gasteiger partial charge >= 0.3 is 11.7 Å². The molecule has 1 rings (SSSR count). The third-order valence-electron chi connectivity index (χ3n) is 3.11. The van der Waals surface area contributed by atoms with Crippen molar-refractivity contribution in [2.24, 2.45) is 5.41 Å². The van der Waals surface area contributed by atoms with Gasteiger partial charge in [-0.2, -0.15) is 0 Å². The summed E-state index contributed by atoms with van der Waals surface area (Å²) >= 11 is 0. The Morgan fingerprint density at radius 2 is 1.90 bits per heavy atom. The van der Waals surface area contributed by atoms with Gasteiger partial charge in [0.2, 0.25) is 0 Å². The van der Waals surface area contributed by atoms with E-state index in [0.717, 1.165) is 6.07 Å². The zero-order valence-corrected chi connectivity index (χ0v) is 12.0. The van der Waals surface area contributed by atoms with E-state index in [-0.39, 0.29) is 17.5 Å². The van der Waals surface area contributed by atoms with Crippen LogP contribution in [0.15, 0.2) is 15.7 Å². The molecular weight excluding hydrogens is 278 g/mol. The molecule has 0 bridgehead atoms. The molecule has 0 unspecified atom stereocenters. The van der Waals surface area contributed by atoms with E-state index in [1.54, 1.807) is 0 Å². The number of aliphatic carboxylic acids is 1. The lowest BCUT2D eigenvalue weighted by Crippen LogP contribution is -2.32. The monoisotopic (exact) mass is 297 g/mol. The highest BCUT2D eigenvalue weighted by Crippen LogP contribution is 2.25. The van der Waals surface area contributed by atoms with Crippen LogP contribution >= 0.6 is 0 Å². The topological polar surface area (TPSA) is 132 Å². The van der Waals surface area contributed by atoms with Gasteiger partial charge < -0.3 is 15.4 Å². The minimum Gasteiger partial charge on any atom is -0.481 e. The van der Waals surface area contributed by atoms with Crippen molar-refractivity contribution in [2.45, 2.75) is 33.1 Å². The van der Waals surface area contributed by atoms with Gasteiger partial charge in [0.05, 0.1) is 0 Å². The normalized spacial score (nSPS) is 11.1. The number of carboxylic acid groups (broad SMARTS) is 1. The smallest absolute Gasteiger partial charge is 0.326 e. The fourth-order valence-electron chi connectivity index (χ4n) is 1.77. The van der Waals surface area contributed by atoms with Crippen LogP contribution in [-0.4, -0.2) is 33.5 Å². The van der Waals surface area contributed by atoms with Crippen molar-refractivity contribution in [3.63, 3.8) is 0 Å². The second kappa shape index (κ2) is 6.87. The summed E-state index contributed by atoms with van der Waals surface area (Å²) in [6.45, 7) is 4.15. The van der Waals surface area contributed by atoms with Crippen molar-refractivity contribution in [1.82, 2.24) is 15.3 Å². The molecule has 0 saturated carbocycles. The second-order valence-corrected chi connectivity index (χ2v) is 5.57. The average Bonchev–Trinajstić information content (AvgIpc) is 2.35. The number of rotatable bonds is 7. The number of H-pyrrole nitrogens is 2. The van der Waals surface area contributed by atoms with E-state index in [4.69, 9.17) is 5.11 Å². The molecule has 0 aliphatic carbocycles. The Labute approximate surface area is 120 Å². The lowest BCUT2D eigenvalue weighted by Gasteiger charge is -2.23. The predicted octanol–water partition coefficient (Wildman–Crippen LogP) is 0.0741. The Balaban J connectivity index is 2.51. The summed E-state index contributed by atoms with van der Waals surface area (Å²) in [5.74, 6) is -1.40. The Morgan fingerprint density at radius 3 is 2.48 bits per heavy atom. The van der Waals surface area contributed by atoms with Gasteiger partial charge in [-0.15, -0.1) is 0 Å². The second-order valence-electron chi connectivity index (χ2n) is 5.57. The summed E-state index contributed by atoms with van der Waals surface area (Å²) < 4.78 is 0. The quantitative estimate of drug-likeness (QED) is 0.565. The highest BCUT2D eigenvalue weighted by atomic mass is 16.4. The van der Waals surface area contributed by atoms with Crippen LogP contribution in [0, 0.1) is 5.41 Å². The molecule has 0 aromatic carbocycles. The van der Waals surface area contributed by atoms with E-state index < -0.39 is 23.1 Å². The number of hydrogen-bond acceptors (Lipinski definition) is 4. The van der Waals surface area contributed by atoms with Crippen LogP contribution in [-0.2, 0) is 4.79 Å². The van der Waals surface area contributed by atoms with Gasteiger partial charge in [-0.3, -0.25) is 19.4 Å². The molecule has 0 saturated heterocycles. The molecule has 0 aliphatic heterocycles. The number of carbonyl (C=O) groups excluding carboxylic acids is 1. The maximum atomic E-state index is 11.8. The summed E-state index contributed by atoms with van der Waals surface area (Å²) in [6, 6.07) is 1.01. The minimum atomic E-state index is -0.854. The minimum absolute atomic E-state index is 0.0718. The molecule has 1 amide bonds. The molecule has 4 N–H and O–H groups in total. The first-order valence-corrected chi connectivity index (χ1v) is 6.53. The molecule has 116 valence electrons. The van der Waals surface area contributed by atoms with Gasteiger partial charge in [-0.25, -0.2) is 4.79 Å². The van der Waals surface area contributed by atoms with E-state index in [2.05, 4.69) is 10.3 Å². The Bertz CT molecular complexity index is 601. The number of aromatic amines is 2. The SMILES string of the molecule is CC(C)(CCNC(=O)c1cc(=O)[nH]c(=O)[nH]1)CCC(=O)O. The number of carbonyl (C=O) groups is 2. The molecular formula is C13H19N3O5. The van der Waals surface area contributed by atoms with Crippen LogP contribution in [0.25, 0.3) is 0 Å². The number of aromatic nitrogens is 2. The summed E-state index contributed by atoms with van der Waals surface area (Å²) in [7, 11) is 0. The molecule has 0 fully saturated rings. The number of carboxylic acids is 1. The standard InChI is InChI=1S/C13H19N3O5/c1-13(2,4-3-10(18)19)5-6-14-11(20)8-7-9(17)16-12(21)15-8/h7H,3-6H2,1-2H3,(H,14,20)(H,18,19)(H2,15,16,17,21). The maximum absolute atomic E-state index is 11.8. The van der Waals surface area contributed by atoms with Crippen LogP contribution < -0.4 is 16.6 Å². The van der Waals surface area contributed by atoms with Crippen LogP contribution in [0.3, 0.4) is 0 Å². The molecule has 1 heterocycles. The van der Waals surface area contributed by atoms with Crippen LogP contribution in [0.4, 0.5) is 0 Å². The van der Waals surface area contributed by atoms with Gasteiger partial charge in [0, 0.05) is 19.0 Å². The van der Waals surface area contributed by atoms with Crippen LogP contribution in [0.5, 0.6) is 0 Å². The molecule has 0 radical (unpaired) electrons. The number of nitrogens with one attached hydrogen (secondary N) is 3. The Kier molecular flexibility index (Phi) is 5.45. The molecule has 1 aromatic rings. The lowest BCUT2D eigenvalue weighted by molar-refractivity contribution is -0.137. The molecule has 0 atom stereocenters. The van der Waals surface area contributed by atoms with Gasteiger partial charge in [0.25, 0.3) is 11.5 Å². The molecule has 1 aromatic heterocycles. The van der Waals surface area contributed by atoms with Crippen molar-refractivity contribution in [2.75, 3.05) is 6.54 Å². The highest BCUT2D eigenvalue weighted by Gasteiger charge is 2.19. The van der Waals surface area contributed by atoms with Crippen molar-refractivity contribution in [1.29, 1.82) is 0 Å². The van der Waals surface area contributed by atoms with Crippen molar-refractivity contribution in [3.8, 4) is 0 Å². The van der Waals surface area contributed by atoms with Crippen LogP contribution in [0.1, 0.15) is 43.6 Å². The zero-order valence-electron chi connectivity index (χ0n) is 12.0. The fourth-order valence-corrected chi connectivity index (χ4v) is 1.77. The number of amides is 1. The molecule has 8 nitrogen and oxygen atoms in total. The first-order valence-electron chi connectivity index (χ1n) is 6.53. The maximum Gasteiger partial charge on any atom is 0.326 e. The summed E-state index contributed by atoms with van der Waals surface area (Å²) in [5.41, 5.74) is -1.72. The largest absolute Gasteiger partial charge is 0.481 e. The van der Waals surface area contributed by atoms with E-state index in [9.17, 15) is 19.2 Å². The van der Waals surface area contributed by atoms with Gasteiger partial charge in [0.15, 0.2) is 0 Å². The van der Waals surface area contributed by atoms with Gasteiger partial charge in [-0.05, 0) is 18.3 Å². The number of hydrogen-bond donors (Lipinski definition) is 4. The third kappa shape index (κ3) is 6.07. The lowest BCUT2D eigenvalue weighted by atomic mass is 9.84. The summed E-state index contributed by atoms with van der Waals surface area (Å²) in [4.78, 5) is 48.7. The van der Waals surface area contributed by atoms with E-state index >= 15 is 0 Å². The van der Waals surface area contributed by atoms with Crippen molar-refractivity contribution in [3.05, 3.63) is 32.6 Å². The predicted molar refractivity (Wildman–Crippen MR) is 75.3 cm³/mol. The zero-order chi connectivity index (χ0) is 16.0. The highest BCUT2D eigenvalue weighted by molar-refractivity contribution is 5.91. The van der Waals surface area contributed by atoms with E-state index in [1.165, 1.54) is 0 Å². The first kappa shape index (κ1) is 16.7. The summed E-state index contributed by atoms with van der Waals surface area (Å²) in [6.07, 6.45) is 1.15. The van der Waals surface area contributed by atoms with Gasteiger partial charge in [-0.1, -0.05) is 13.8 Å². The molecule has 21 heavy (non-hydrogen) atoms. The summed E-state index contributed by atoms with van der Waals surface area (Å²) in [5, 5.41) is 11.2. The Morgan fingerprint density at radius 1 is 1.24 bits per heavy atom. The molecule has 0 aliphatic rings. The fraction of sp³-hybridized carbons (Fsp3) is 0.538. The van der Waals surface area contributed by atoms with Gasteiger partial charge in [0.1, 0.15) is 5.69 Å².